The highest BCUT2D eigenvalue weighted by atomic mass is 35.5. The number of guanidine groups is 1. The highest BCUT2D eigenvalue weighted by Crippen LogP contribution is 2.26. The highest BCUT2D eigenvalue weighted by Gasteiger charge is 2.20. The molecule has 2 N–H and O–H groups in total. The fourth-order valence-electron chi connectivity index (χ4n) is 1.50. The first-order valence-corrected chi connectivity index (χ1v) is 6.46. The van der Waals surface area contributed by atoms with Crippen LogP contribution in [0.3, 0.4) is 0 Å². The zero-order valence-corrected chi connectivity index (χ0v) is 10.4. The maximum absolute atomic E-state index is 6.18. The lowest BCUT2D eigenvalue weighted by Crippen LogP contribution is -2.43. The Morgan fingerprint density at radius 1 is 1.50 bits per heavy atom. The Bertz CT molecular complexity index is 445. The van der Waals surface area contributed by atoms with E-state index in [1.165, 1.54) is 4.90 Å². The smallest absolute Gasteiger partial charge is 0.201 e. The molecule has 0 saturated heterocycles. The van der Waals surface area contributed by atoms with Crippen molar-refractivity contribution in [2.24, 2.45) is 10.7 Å². The molecular weight excluding hydrogens is 242 g/mol. The summed E-state index contributed by atoms with van der Waals surface area (Å²) < 4.78 is 0. The van der Waals surface area contributed by atoms with Crippen molar-refractivity contribution in [3.63, 3.8) is 0 Å². The van der Waals surface area contributed by atoms with E-state index in [4.69, 9.17) is 17.3 Å². The van der Waals surface area contributed by atoms with Gasteiger partial charge in [-0.05, 0) is 30.5 Å². The molecule has 1 heterocycles. The van der Waals surface area contributed by atoms with E-state index in [2.05, 4.69) is 4.99 Å². The number of anilines is 1. The van der Waals surface area contributed by atoms with E-state index in [1.54, 1.807) is 28.9 Å². The molecule has 0 aromatic heterocycles. The summed E-state index contributed by atoms with van der Waals surface area (Å²) in [4.78, 5) is 7.01. The summed E-state index contributed by atoms with van der Waals surface area (Å²) in [5.41, 5.74) is 6.50. The van der Waals surface area contributed by atoms with Gasteiger partial charge in [-0.3, -0.25) is 4.90 Å². The molecule has 1 aliphatic rings. The molecule has 0 radical (unpaired) electrons. The fraction of sp³-hybridized carbons (Fsp3) is 0.182. The molecule has 84 valence electrons. The average Bonchev–Trinajstić information content (AvgIpc) is 2.29. The molecule has 0 amide bonds. The molecule has 1 aromatic carbocycles. The summed E-state index contributed by atoms with van der Waals surface area (Å²) in [7, 11) is 0. The van der Waals surface area contributed by atoms with Crippen LogP contribution in [0.5, 0.6) is 0 Å². The Hall–Kier alpha value is -1.13. The first-order chi connectivity index (χ1) is 7.72. The third-order valence-corrected chi connectivity index (χ3v) is 3.34. The maximum Gasteiger partial charge on any atom is 0.201 e. The minimum atomic E-state index is -0.283. The second kappa shape index (κ2) is 4.80. The summed E-state index contributed by atoms with van der Waals surface area (Å²) >= 11 is 7.86. The van der Waals surface area contributed by atoms with Crippen LogP contribution in [0.25, 0.3) is 0 Å². The lowest BCUT2D eigenvalue weighted by Gasteiger charge is -2.28. The van der Waals surface area contributed by atoms with Crippen LogP contribution in [0.2, 0.25) is 0 Å². The van der Waals surface area contributed by atoms with Crippen molar-refractivity contribution in [3.8, 4) is 0 Å². The number of hydrogen-bond donors (Lipinski definition) is 1. The molecule has 1 aliphatic heterocycles. The van der Waals surface area contributed by atoms with Gasteiger partial charge in [0.2, 0.25) is 5.96 Å². The van der Waals surface area contributed by atoms with Crippen molar-refractivity contribution in [3.05, 3.63) is 36.5 Å². The minimum absolute atomic E-state index is 0.283. The van der Waals surface area contributed by atoms with Crippen LogP contribution in [0, 0.1) is 0 Å². The molecule has 1 atom stereocenters. The Kier molecular flexibility index (Phi) is 3.41. The quantitative estimate of drug-likeness (QED) is 0.501. The van der Waals surface area contributed by atoms with Gasteiger partial charge in [0.05, 0.1) is 0 Å². The third kappa shape index (κ3) is 2.18. The van der Waals surface area contributed by atoms with Gasteiger partial charge in [0, 0.05) is 16.8 Å². The number of halogens is 1. The second-order valence-electron chi connectivity index (χ2n) is 3.27. The average molecular weight is 254 g/mol. The molecular formula is C11H12ClN3S. The van der Waals surface area contributed by atoms with Crippen LogP contribution in [-0.2, 0) is 0 Å². The van der Waals surface area contributed by atoms with Gasteiger partial charge < -0.3 is 5.73 Å². The Balaban J connectivity index is 2.36. The first kappa shape index (κ1) is 11.4. The number of nitrogens with two attached hydrogens (primary N) is 1. The third-order valence-electron chi connectivity index (χ3n) is 2.28. The molecule has 5 heteroatoms. The van der Waals surface area contributed by atoms with Gasteiger partial charge in [0.15, 0.2) is 0 Å². The zero-order chi connectivity index (χ0) is 11.5. The standard InChI is InChI=1S/C11H12ClN3S/c1-16-9-4-2-3-8(7-9)15-10(12)5-6-14-11(15)13/h2-7,10H,1H3,(H2,13,14). The van der Waals surface area contributed by atoms with Crippen LogP contribution >= 0.6 is 23.4 Å². The molecule has 1 aromatic rings. The predicted octanol–water partition coefficient (Wildman–Crippen LogP) is 2.62. The summed E-state index contributed by atoms with van der Waals surface area (Å²) in [5, 5.41) is 0. The molecule has 2 rings (SSSR count). The van der Waals surface area contributed by atoms with E-state index in [0.717, 1.165) is 5.69 Å². The van der Waals surface area contributed by atoms with Crippen LogP contribution in [-0.4, -0.2) is 17.7 Å². The number of benzene rings is 1. The van der Waals surface area contributed by atoms with Crippen molar-refractivity contribution < 1.29 is 0 Å². The largest absolute Gasteiger partial charge is 0.369 e. The van der Waals surface area contributed by atoms with Gasteiger partial charge in [-0.15, -0.1) is 11.8 Å². The number of hydrogen-bond acceptors (Lipinski definition) is 4. The second-order valence-corrected chi connectivity index (χ2v) is 4.60. The van der Waals surface area contributed by atoms with Gasteiger partial charge in [-0.25, -0.2) is 4.99 Å². The van der Waals surface area contributed by atoms with Gasteiger partial charge >= 0.3 is 0 Å². The van der Waals surface area contributed by atoms with Gasteiger partial charge in [0.25, 0.3) is 0 Å². The van der Waals surface area contributed by atoms with E-state index in [1.807, 2.05) is 30.5 Å². The number of alkyl halides is 1. The monoisotopic (exact) mass is 253 g/mol. The molecule has 0 saturated carbocycles. The predicted molar refractivity (Wildman–Crippen MR) is 71.1 cm³/mol. The van der Waals surface area contributed by atoms with E-state index < -0.39 is 0 Å². The fourth-order valence-corrected chi connectivity index (χ4v) is 2.23. The number of thioether (sulfide) groups is 1. The molecule has 0 spiro atoms. The van der Waals surface area contributed by atoms with Crippen molar-refractivity contribution in [1.29, 1.82) is 0 Å². The highest BCUT2D eigenvalue weighted by molar-refractivity contribution is 7.98. The molecule has 0 bridgehead atoms. The lowest BCUT2D eigenvalue weighted by atomic mass is 10.3. The molecule has 0 fully saturated rings. The molecule has 3 nitrogen and oxygen atoms in total. The van der Waals surface area contributed by atoms with E-state index in [-0.39, 0.29) is 5.50 Å². The first-order valence-electron chi connectivity index (χ1n) is 4.79. The van der Waals surface area contributed by atoms with Crippen molar-refractivity contribution in [2.45, 2.75) is 10.4 Å². The Labute approximate surface area is 104 Å². The van der Waals surface area contributed by atoms with E-state index >= 15 is 0 Å². The van der Waals surface area contributed by atoms with Gasteiger partial charge in [-0.1, -0.05) is 17.7 Å². The molecule has 1 unspecified atom stereocenters. The number of rotatable bonds is 2. The summed E-state index contributed by atoms with van der Waals surface area (Å²) in [6.07, 6.45) is 5.45. The van der Waals surface area contributed by atoms with Crippen molar-refractivity contribution >= 4 is 35.0 Å². The van der Waals surface area contributed by atoms with Crippen LogP contribution in [0.4, 0.5) is 5.69 Å². The molecule has 16 heavy (non-hydrogen) atoms. The van der Waals surface area contributed by atoms with Crippen LogP contribution in [0.1, 0.15) is 0 Å². The number of nitrogens with zero attached hydrogens (tertiary/aromatic N) is 2. The lowest BCUT2D eigenvalue weighted by molar-refractivity contribution is 1.01. The normalized spacial score (nSPS) is 19.8. The summed E-state index contributed by atoms with van der Waals surface area (Å²) in [6.45, 7) is 0. The Morgan fingerprint density at radius 3 is 3.00 bits per heavy atom. The molecule has 0 aliphatic carbocycles. The Morgan fingerprint density at radius 2 is 2.31 bits per heavy atom. The van der Waals surface area contributed by atoms with Crippen LogP contribution < -0.4 is 10.6 Å². The maximum atomic E-state index is 6.18. The summed E-state index contributed by atoms with van der Waals surface area (Å²) in [6, 6.07) is 8.04. The van der Waals surface area contributed by atoms with E-state index in [9.17, 15) is 0 Å². The van der Waals surface area contributed by atoms with Gasteiger partial charge in [-0.2, -0.15) is 0 Å². The minimum Gasteiger partial charge on any atom is -0.369 e. The van der Waals surface area contributed by atoms with Crippen LogP contribution in [0.15, 0.2) is 46.4 Å². The van der Waals surface area contributed by atoms with Gasteiger partial charge in [0.1, 0.15) is 5.50 Å². The summed E-state index contributed by atoms with van der Waals surface area (Å²) in [5.74, 6) is 0.417. The van der Waals surface area contributed by atoms with Crippen molar-refractivity contribution in [2.75, 3.05) is 11.2 Å². The topological polar surface area (TPSA) is 41.6 Å². The number of aliphatic imine (C=N–C) groups is 1. The zero-order valence-electron chi connectivity index (χ0n) is 8.80. The SMILES string of the molecule is CSc1cccc(N2C(N)=NC=CC2Cl)c1. The van der Waals surface area contributed by atoms with E-state index in [0.29, 0.717) is 5.96 Å². The van der Waals surface area contributed by atoms with Crippen molar-refractivity contribution in [1.82, 2.24) is 0 Å².